The predicted octanol–water partition coefficient (Wildman–Crippen LogP) is 0.955. The van der Waals surface area contributed by atoms with Crippen LogP contribution in [0, 0.1) is 0 Å². The lowest BCUT2D eigenvalue weighted by Crippen LogP contribution is -2.38. The maximum absolute atomic E-state index is 12.0. The summed E-state index contributed by atoms with van der Waals surface area (Å²) in [5.74, 6) is -1.97. The van der Waals surface area contributed by atoms with E-state index in [2.05, 4.69) is 10.6 Å². The summed E-state index contributed by atoms with van der Waals surface area (Å²) in [4.78, 5) is 34.8. The van der Waals surface area contributed by atoms with Gasteiger partial charge in [-0.2, -0.15) is 0 Å². The van der Waals surface area contributed by atoms with Gasteiger partial charge >= 0.3 is 5.97 Å². The van der Waals surface area contributed by atoms with Crippen molar-refractivity contribution in [3.8, 4) is 5.75 Å². The van der Waals surface area contributed by atoms with Crippen LogP contribution in [-0.2, 0) is 14.3 Å². The molecular formula is C17H18N2O5. The number of ether oxygens (including phenoxy) is 1. The average molecular weight is 330 g/mol. The molecular weight excluding hydrogens is 312 g/mol. The minimum atomic E-state index is -0.814. The number of nitrogens with one attached hydrogen (secondary N) is 2. The van der Waals surface area contributed by atoms with E-state index < -0.39 is 18.5 Å². The maximum Gasteiger partial charge on any atom is 0.342 e. The van der Waals surface area contributed by atoms with Gasteiger partial charge in [-0.25, -0.2) is 4.79 Å². The molecule has 0 spiro atoms. The van der Waals surface area contributed by atoms with E-state index in [1.807, 2.05) is 12.1 Å². The minimum absolute atomic E-state index is 0.0229. The summed E-state index contributed by atoms with van der Waals surface area (Å²) in [6.07, 6.45) is 0. The third-order valence-electron chi connectivity index (χ3n) is 3.24. The molecule has 2 amide bonds. The zero-order valence-electron chi connectivity index (χ0n) is 13.2. The van der Waals surface area contributed by atoms with Crippen molar-refractivity contribution < 1.29 is 24.2 Å². The molecule has 0 aliphatic rings. The first-order chi connectivity index (χ1) is 11.5. The molecule has 0 fully saturated rings. The molecule has 0 saturated carbocycles. The topological polar surface area (TPSA) is 105 Å². The van der Waals surface area contributed by atoms with Gasteiger partial charge in [-0.05, 0) is 29.8 Å². The van der Waals surface area contributed by atoms with Gasteiger partial charge in [0.1, 0.15) is 11.3 Å². The maximum atomic E-state index is 12.0. The molecule has 2 aromatic carbocycles. The summed E-state index contributed by atoms with van der Waals surface area (Å²) in [6.45, 7) is 1.50. The molecule has 0 radical (unpaired) electrons. The van der Waals surface area contributed by atoms with Crippen molar-refractivity contribution in [3.05, 3.63) is 42.0 Å². The van der Waals surface area contributed by atoms with Crippen molar-refractivity contribution in [2.24, 2.45) is 0 Å². The standard InChI is InChI=1S/C17H18N2O5/c1-2-18-15(21)9-19-16(22)10-24-17(23)13-7-11-5-3-4-6-12(11)8-14(13)20/h3-8,20H,2,9-10H2,1H3,(H,18,21)(H,19,22). The molecule has 0 bridgehead atoms. The number of carbonyl (C=O) groups excluding carboxylic acids is 3. The SMILES string of the molecule is CCNC(=O)CNC(=O)COC(=O)c1cc2ccccc2cc1O. The lowest BCUT2D eigenvalue weighted by Gasteiger charge is -2.08. The van der Waals surface area contributed by atoms with E-state index in [4.69, 9.17) is 4.74 Å². The van der Waals surface area contributed by atoms with Crippen LogP contribution >= 0.6 is 0 Å². The first kappa shape index (κ1) is 17.3. The molecule has 7 heteroatoms. The minimum Gasteiger partial charge on any atom is -0.507 e. The third-order valence-corrected chi connectivity index (χ3v) is 3.24. The van der Waals surface area contributed by atoms with Crippen LogP contribution in [0.25, 0.3) is 10.8 Å². The highest BCUT2D eigenvalue weighted by molar-refractivity contribution is 5.99. The van der Waals surface area contributed by atoms with Gasteiger partial charge in [0.15, 0.2) is 6.61 Å². The van der Waals surface area contributed by atoms with Crippen LogP contribution in [-0.4, -0.2) is 42.6 Å². The van der Waals surface area contributed by atoms with Crippen molar-refractivity contribution in [3.63, 3.8) is 0 Å². The summed E-state index contributed by atoms with van der Waals surface area (Å²) < 4.78 is 4.87. The van der Waals surface area contributed by atoms with Gasteiger partial charge in [0.25, 0.3) is 5.91 Å². The van der Waals surface area contributed by atoms with Gasteiger partial charge in [-0.15, -0.1) is 0 Å². The largest absolute Gasteiger partial charge is 0.507 e. The second-order valence-electron chi connectivity index (χ2n) is 5.02. The van der Waals surface area contributed by atoms with Gasteiger partial charge in [0, 0.05) is 6.54 Å². The number of rotatable bonds is 6. The van der Waals surface area contributed by atoms with E-state index in [-0.39, 0.29) is 23.8 Å². The number of hydrogen-bond donors (Lipinski definition) is 3. The zero-order chi connectivity index (χ0) is 17.5. The summed E-state index contributed by atoms with van der Waals surface area (Å²) in [5.41, 5.74) is -0.0229. The Morgan fingerprint density at radius 1 is 1.04 bits per heavy atom. The molecule has 7 nitrogen and oxygen atoms in total. The molecule has 0 aromatic heterocycles. The molecule has 0 saturated heterocycles. The fraction of sp³-hybridized carbons (Fsp3) is 0.235. The molecule has 0 heterocycles. The smallest absolute Gasteiger partial charge is 0.342 e. The van der Waals surface area contributed by atoms with Crippen LogP contribution in [0.4, 0.5) is 0 Å². The second-order valence-corrected chi connectivity index (χ2v) is 5.02. The van der Waals surface area contributed by atoms with Crippen LogP contribution in [0.3, 0.4) is 0 Å². The van der Waals surface area contributed by atoms with E-state index in [1.54, 1.807) is 19.1 Å². The van der Waals surface area contributed by atoms with Crippen molar-refractivity contribution in [1.29, 1.82) is 0 Å². The molecule has 2 aromatic rings. The number of benzene rings is 2. The van der Waals surface area contributed by atoms with E-state index >= 15 is 0 Å². The number of hydrogen-bond acceptors (Lipinski definition) is 5. The second kappa shape index (κ2) is 7.96. The highest BCUT2D eigenvalue weighted by atomic mass is 16.5. The third kappa shape index (κ3) is 4.45. The fourth-order valence-electron chi connectivity index (χ4n) is 2.09. The molecule has 24 heavy (non-hydrogen) atoms. The Hall–Kier alpha value is -3.09. The monoisotopic (exact) mass is 330 g/mol. The number of phenolic OH excluding ortho intramolecular Hbond substituents is 1. The number of fused-ring (bicyclic) bond motifs is 1. The fourth-order valence-corrected chi connectivity index (χ4v) is 2.09. The van der Waals surface area contributed by atoms with Gasteiger partial charge in [-0.3, -0.25) is 9.59 Å². The first-order valence-corrected chi connectivity index (χ1v) is 7.43. The number of esters is 1. The highest BCUT2D eigenvalue weighted by Gasteiger charge is 2.15. The average Bonchev–Trinajstić information content (AvgIpc) is 2.57. The molecule has 126 valence electrons. The Balaban J connectivity index is 1.94. The van der Waals surface area contributed by atoms with E-state index in [0.717, 1.165) is 10.8 Å². The first-order valence-electron chi connectivity index (χ1n) is 7.43. The van der Waals surface area contributed by atoms with Crippen molar-refractivity contribution in [2.75, 3.05) is 19.7 Å². The van der Waals surface area contributed by atoms with Crippen molar-refractivity contribution >= 4 is 28.6 Å². The van der Waals surface area contributed by atoms with Crippen LogP contribution < -0.4 is 10.6 Å². The van der Waals surface area contributed by atoms with Crippen LogP contribution in [0.15, 0.2) is 36.4 Å². The zero-order valence-corrected chi connectivity index (χ0v) is 13.2. The van der Waals surface area contributed by atoms with Gasteiger partial charge < -0.3 is 20.5 Å². The molecule has 0 aliphatic heterocycles. The lowest BCUT2D eigenvalue weighted by molar-refractivity contribution is -0.127. The normalized spacial score (nSPS) is 10.2. The Morgan fingerprint density at radius 3 is 2.38 bits per heavy atom. The Labute approximate surface area is 138 Å². The molecule has 3 N–H and O–H groups in total. The molecule has 0 aliphatic carbocycles. The number of aromatic hydroxyl groups is 1. The summed E-state index contributed by atoms with van der Waals surface area (Å²) in [7, 11) is 0. The van der Waals surface area contributed by atoms with Crippen LogP contribution in [0.5, 0.6) is 5.75 Å². The molecule has 0 unspecified atom stereocenters. The highest BCUT2D eigenvalue weighted by Crippen LogP contribution is 2.25. The van der Waals surface area contributed by atoms with Gasteiger partial charge in [0.05, 0.1) is 6.54 Å². The summed E-state index contributed by atoms with van der Waals surface area (Å²) in [6, 6.07) is 10.2. The molecule has 0 atom stereocenters. The van der Waals surface area contributed by atoms with E-state index in [1.165, 1.54) is 12.1 Å². The van der Waals surface area contributed by atoms with Crippen molar-refractivity contribution in [1.82, 2.24) is 10.6 Å². The van der Waals surface area contributed by atoms with Crippen LogP contribution in [0.1, 0.15) is 17.3 Å². The summed E-state index contributed by atoms with van der Waals surface area (Å²) in [5, 5.41) is 16.3. The number of likely N-dealkylation sites (N-methyl/N-ethyl adjacent to an activating group) is 1. The predicted molar refractivity (Wildman–Crippen MR) is 87.6 cm³/mol. The molecule has 2 rings (SSSR count). The van der Waals surface area contributed by atoms with E-state index in [0.29, 0.717) is 6.54 Å². The number of carbonyl (C=O) groups is 3. The van der Waals surface area contributed by atoms with Gasteiger partial charge in [0.2, 0.25) is 5.91 Å². The van der Waals surface area contributed by atoms with Crippen LogP contribution in [0.2, 0.25) is 0 Å². The lowest BCUT2D eigenvalue weighted by atomic mass is 10.1. The van der Waals surface area contributed by atoms with Crippen molar-refractivity contribution in [2.45, 2.75) is 6.92 Å². The van der Waals surface area contributed by atoms with Gasteiger partial charge in [-0.1, -0.05) is 24.3 Å². The Kier molecular flexibility index (Phi) is 5.73. The van der Waals surface area contributed by atoms with E-state index in [9.17, 15) is 19.5 Å². The summed E-state index contributed by atoms with van der Waals surface area (Å²) >= 11 is 0. The quantitative estimate of drug-likeness (QED) is 0.684. The Morgan fingerprint density at radius 2 is 1.71 bits per heavy atom. The Bertz CT molecular complexity index is 773. The number of phenols is 1. The number of amides is 2.